The van der Waals surface area contributed by atoms with Crippen LogP contribution in [0.3, 0.4) is 0 Å². The molecule has 1 aromatic rings. The van der Waals surface area contributed by atoms with E-state index in [0.717, 1.165) is 0 Å². The van der Waals surface area contributed by atoms with Gasteiger partial charge in [0.15, 0.2) is 0 Å². The Labute approximate surface area is 125 Å². The molecule has 0 aliphatic carbocycles. The summed E-state index contributed by atoms with van der Waals surface area (Å²) in [6, 6.07) is 5.51. The molecule has 1 unspecified atom stereocenters. The molecule has 0 saturated heterocycles. The Bertz CT molecular complexity index is 475. The molecule has 0 aliphatic rings. The van der Waals surface area contributed by atoms with Crippen LogP contribution in [0.2, 0.25) is 0 Å². The van der Waals surface area contributed by atoms with Gasteiger partial charge in [-0.25, -0.2) is 0 Å². The van der Waals surface area contributed by atoms with Crippen molar-refractivity contribution in [3.05, 3.63) is 23.8 Å². The predicted octanol–water partition coefficient (Wildman–Crippen LogP) is 1.63. The second-order valence-electron chi connectivity index (χ2n) is 5.08. The SMILES string of the molecule is COc1ccc(OCC(O)CNC(C)C)c(C(C)=NO)c1. The molecule has 0 aliphatic heterocycles. The van der Waals surface area contributed by atoms with Crippen molar-refractivity contribution in [2.75, 3.05) is 20.3 Å². The molecule has 6 heteroatoms. The topological polar surface area (TPSA) is 83.3 Å². The van der Waals surface area contributed by atoms with E-state index < -0.39 is 6.10 Å². The van der Waals surface area contributed by atoms with Gasteiger partial charge >= 0.3 is 0 Å². The molecule has 1 aromatic carbocycles. The van der Waals surface area contributed by atoms with Crippen molar-refractivity contribution < 1.29 is 19.8 Å². The van der Waals surface area contributed by atoms with E-state index in [2.05, 4.69) is 10.5 Å². The lowest BCUT2D eigenvalue weighted by molar-refractivity contribution is 0.104. The Balaban J connectivity index is 2.74. The highest BCUT2D eigenvalue weighted by atomic mass is 16.5. The molecule has 0 saturated carbocycles. The smallest absolute Gasteiger partial charge is 0.128 e. The van der Waals surface area contributed by atoms with Crippen LogP contribution in [0.1, 0.15) is 26.3 Å². The number of ether oxygens (including phenoxy) is 2. The summed E-state index contributed by atoms with van der Waals surface area (Å²) >= 11 is 0. The van der Waals surface area contributed by atoms with Crippen LogP contribution < -0.4 is 14.8 Å². The monoisotopic (exact) mass is 296 g/mol. The van der Waals surface area contributed by atoms with E-state index in [4.69, 9.17) is 14.7 Å². The van der Waals surface area contributed by atoms with Gasteiger partial charge < -0.3 is 25.1 Å². The highest BCUT2D eigenvalue weighted by molar-refractivity contribution is 6.01. The molecule has 0 radical (unpaired) electrons. The number of hydrogen-bond donors (Lipinski definition) is 3. The van der Waals surface area contributed by atoms with Gasteiger partial charge in [0.2, 0.25) is 0 Å². The maximum absolute atomic E-state index is 9.86. The number of hydrogen-bond acceptors (Lipinski definition) is 6. The molecule has 0 heterocycles. The fourth-order valence-electron chi connectivity index (χ4n) is 1.72. The van der Waals surface area contributed by atoms with Gasteiger partial charge in [-0.3, -0.25) is 0 Å². The van der Waals surface area contributed by atoms with Crippen LogP contribution in [0, 0.1) is 0 Å². The van der Waals surface area contributed by atoms with Crippen LogP contribution in [0.5, 0.6) is 11.5 Å². The zero-order chi connectivity index (χ0) is 15.8. The molecular formula is C15H24N2O4. The maximum Gasteiger partial charge on any atom is 0.128 e. The van der Waals surface area contributed by atoms with Crippen LogP contribution in [-0.4, -0.2) is 48.4 Å². The van der Waals surface area contributed by atoms with Gasteiger partial charge in [0.25, 0.3) is 0 Å². The van der Waals surface area contributed by atoms with Gasteiger partial charge in [0.05, 0.1) is 12.8 Å². The van der Waals surface area contributed by atoms with Crippen LogP contribution in [-0.2, 0) is 0 Å². The fraction of sp³-hybridized carbons (Fsp3) is 0.533. The summed E-state index contributed by atoms with van der Waals surface area (Å²) in [5.41, 5.74) is 1.04. The van der Waals surface area contributed by atoms with Crippen molar-refractivity contribution in [2.45, 2.75) is 32.9 Å². The summed E-state index contributed by atoms with van der Waals surface area (Å²) in [5.74, 6) is 1.18. The highest BCUT2D eigenvalue weighted by Crippen LogP contribution is 2.25. The standard InChI is InChI=1S/C15H24N2O4/c1-10(2)16-8-12(18)9-21-15-6-5-13(20-4)7-14(15)11(3)17-19/h5-7,10,12,16,18-19H,8-9H2,1-4H3. The number of nitrogens with one attached hydrogen (secondary N) is 1. The van der Waals surface area contributed by atoms with Gasteiger partial charge in [-0.05, 0) is 25.1 Å². The van der Waals surface area contributed by atoms with Gasteiger partial charge in [-0.15, -0.1) is 0 Å². The van der Waals surface area contributed by atoms with Gasteiger partial charge in [-0.1, -0.05) is 19.0 Å². The van der Waals surface area contributed by atoms with Gasteiger partial charge in [-0.2, -0.15) is 0 Å². The summed E-state index contributed by atoms with van der Waals surface area (Å²) in [4.78, 5) is 0. The number of aliphatic hydroxyl groups excluding tert-OH is 1. The first kappa shape index (κ1) is 17.3. The first-order chi connectivity index (χ1) is 9.97. The Kier molecular flexibility index (Phi) is 6.98. The Morgan fingerprint density at radius 3 is 2.67 bits per heavy atom. The number of rotatable bonds is 8. The van der Waals surface area contributed by atoms with E-state index in [-0.39, 0.29) is 6.61 Å². The van der Waals surface area contributed by atoms with E-state index in [1.54, 1.807) is 32.2 Å². The predicted molar refractivity (Wildman–Crippen MR) is 81.6 cm³/mol. The Morgan fingerprint density at radius 1 is 1.38 bits per heavy atom. The Hall–Kier alpha value is -1.79. The van der Waals surface area contributed by atoms with E-state index >= 15 is 0 Å². The average molecular weight is 296 g/mol. The maximum atomic E-state index is 9.86. The lowest BCUT2D eigenvalue weighted by Gasteiger charge is -2.17. The molecule has 6 nitrogen and oxygen atoms in total. The van der Waals surface area contributed by atoms with Gasteiger partial charge in [0, 0.05) is 18.2 Å². The Morgan fingerprint density at radius 2 is 2.10 bits per heavy atom. The first-order valence-corrected chi connectivity index (χ1v) is 6.89. The minimum atomic E-state index is -0.617. The molecule has 3 N–H and O–H groups in total. The van der Waals surface area contributed by atoms with Crippen molar-refractivity contribution in [3.63, 3.8) is 0 Å². The number of nitrogens with zero attached hydrogens (tertiary/aromatic N) is 1. The van der Waals surface area contributed by atoms with Crippen molar-refractivity contribution >= 4 is 5.71 Å². The minimum absolute atomic E-state index is 0.151. The molecular weight excluding hydrogens is 272 g/mol. The van der Waals surface area contributed by atoms with Crippen molar-refractivity contribution in [3.8, 4) is 11.5 Å². The zero-order valence-corrected chi connectivity index (χ0v) is 13.0. The van der Waals surface area contributed by atoms with Gasteiger partial charge in [0.1, 0.15) is 24.2 Å². The largest absolute Gasteiger partial charge is 0.497 e. The number of methoxy groups -OCH3 is 1. The van der Waals surface area contributed by atoms with Crippen molar-refractivity contribution in [1.82, 2.24) is 5.32 Å². The van der Waals surface area contributed by atoms with Crippen molar-refractivity contribution in [1.29, 1.82) is 0 Å². The molecule has 0 aromatic heterocycles. The third-order valence-corrected chi connectivity index (χ3v) is 2.92. The molecule has 1 rings (SSSR count). The molecule has 0 spiro atoms. The molecule has 118 valence electrons. The molecule has 0 bridgehead atoms. The fourth-order valence-corrected chi connectivity index (χ4v) is 1.72. The third-order valence-electron chi connectivity index (χ3n) is 2.92. The van der Waals surface area contributed by atoms with E-state index in [0.29, 0.717) is 35.4 Å². The average Bonchev–Trinajstić information content (AvgIpc) is 2.49. The number of oxime groups is 1. The molecule has 0 fully saturated rings. The quantitative estimate of drug-likeness (QED) is 0.386. The van der Waals surface area contributed by atoms with E-state index in [1.807, 2.05) is 13.8 Å². The third kappa shape index (κ3) is 5.61. The lowest BCUT2D eigenvalue weighted by atomic mass is 10.1. The molecule has 0 amide bonds. The van der Waals surface area contributed by atoms with E-state index in [1.165, 1.54) is 0 Å². The lowest BCUT2D eigenvalue weighted by Crippen LogP contribution is -2.35. The van der Waals surface area contributed by atoms with Crippen LogP contribution in [0.15, 0.2) is 23.4 Å². The van der Waals surface area contributed by atoms with Crippen LogP contribution >= 0.6 is 0 Å². The summed E-state index contributed by atoms with van der Waals surface area (Å²) in [7, 11) is 1.56. The highest BCUT2D eigenvalue weighted by Gasteiger charge is 2.12. The zero-order valence-electron chi connectivity index (χ0n) is 13.0. The summed E-state index contributed by atoms with van der Waals surface area (Å²) < 4.78 is 10.8. The first-order valence-electron chi connectivity index (χ1n) is 6.89. The second-order valence-corrected chi connectivity index (χ2v) is 5.08. The normalized spacial score (nSPS) is 13.3. The van der Waals surface area contributed by atoms with Crippen LogP contribution in [0.4, 0.5) is 0 Å². The van der Waals surface area contributed by atoms with E-state index in [9.17, 15) is 5.11 Å². The molecule has 1 atom stereocenters. The summed E-state index contributed by atoms with van der Waals surface area (Å²) in [6.07, 6.45) is -0.617. The number of benzene rings is 1. The molecule has 21 heavy (non-hydrogen) atoms. The number of aliphatic hydroxyl groups is 1. The summed E-state index contributed by atoms with van der Waals surface area (Å²) in [6.45, 7) is 6.29. The second kappa shape index (κ2) is 8.49. The summed E-state index contributed by atoms with van der Waals surface area (Å²) in [5, 5.41) is 25.1. The van der Waals surface area contributed by atoms with Crippen molar-refractivity contribution in [2.24, 2.45) is 5.16 Å². The minimum Gasteiger partial charge on any atom is -0.497 e. The van der Waals surface area contributed by atoms with Crippen LogP contribution in [0.25, 0.3) is 0 Å².